The number of hydrogen-bond acceptors (Lipinski definition) is 6. The number of aromatic nitrogens is 1. The minimum Gasteiger partial charge on any atom is -0.453 e. The van der Waals surface area contributed by atoms with Gasteiger partial charge in [0.05, 0.1) is 12.8 Å². The van der Waals surface area contributed by atoms with Crippen molar-refractivity contribution in [2.24, 2.45) is 0 Å². The first-order valence-electron chi connectivity index (χ1n) is 9.78. The van der Waals surface area contributed by atoms with Crippen LogP contribution in [0.4, 0.5) is 21.1 Å². The first-order chi connectivity index (χ1) is 15.0. The van der Waals surface area contributed by atoms with E-state index in [1.54, 1.807) is 47.4 Å². The number of carbonyl (C=O) groups is 2. The van der Waals surface area contributed by atoms with Gasteiger partial charge in [-0.25, -0.2) is 14.6 Å². The van der Waals surface area contributed by atoms with Crippen molar-refractivity contribution < 1.29 is 14.3 Å². The highest BCUT2D eigenvalue weighted by Crippen LogP contribution is 2.19. The zero-order valence-corrected chi connectivity index (χ0v) is 17.1. The number of allylic oxidation sites excluding steroid dienone is 2. The molecule has 4 N–H and O–H groups in total. The lowest BCUT2D eigenvalue weighted by Crippen LogP contribution is -2.32. The van der Waals surface area contributed by atoms with Crippen LogP contribution in [0.25, 0.3) is 5.57 Å². The zero-order valence-electron chi connectivity index (χ0n) is 17.1. The standard InChI is InChI=1S/C22H24N6O3/c1-31-22(30)27-20-13-15(7-8-25-20)17(14-23)12-19(24)16-5-4-6-18(11-16)26-21(29)28-9-2-3-10-28/h4-8,11-14,23-24H,2-3,9-10H2,1H3,(H,26,29)(H,25,27,30)/b17-12+,23-14?,24-19?. The molecule has 0 aliphatic carbocycles. The predicted octanol–water partition coefficient (Wildman–Crippen LogP) is 3.99. The number of amides is 3. The number of nitrogens with zero attached hydrogens (tertiary/aromatic N) is 2. The lowest BCUT2D eigenvalue weighted by Gasteiger charge is -2.16. The number of hydrogen-bond donors (Lipinski definition) is 4. The SMILES string of the molecule is COC(=O)Nc1cc(/C(C=N)=C/C(=N)c2cccc(NC(=O)N3CCCC3)c2)ccn1. The van der Waals surface area contributed by atoms with Crippen molar-refractivity contribution in [3.8, 4) is 0 Å². The summed E-state index contributed by atoms with van der Waals surface area (Å²) >= 11 is 0. The molecule has 2 heterocycles. The second-order valence-corrected chi connectivity index (χ2v) is 6.91. The quantitative estimate of drug-likeness (QED) is 0.526. The van der Waals surface area contributed by atoms with Gasteiger partial charge in [0.15, 0.2) is 0 Å². The van der Waals surface area contributed by atoms with Crippen molar-refractivity contribution in [1.82, 2.24) is 9.88 Å². The maximum atomic E-state index is 12.3. The molecule has 0 atom stereocenters. The van der Waals surface area contributed by atoms with E-state index in [9.17, 15) is 9.59 Å². The number of pyridine rings is 1. The Morgan fingerprint density at radius 1 is 1.13 bits per heavy atom. The molecule has 1 saturated heterocycles. The third kappa shape index (κ3) is 5.75. The van der Waals surface area contributed by atoms with Gasteiger partial charge in [0.2, 0.25) is 0 Å². The topological polar surface area (TPSA) is 131 Å². The molecule has 3 rings (SSSR count). The number of ether oxygens (including phenoxy) is 1. The zero-order chi connectivity index (χ0) is 22.2. The predicted molar refractivity (Wildman–Crippen MR) is 120 cm³/mol. The number of methoxy groups -OCH3 is 1. The van der Waals surface area contributed by atoms with Gasteiger partial charge in [0, 0.05) is 42.3 Å². The Kier molecular flexibility index (Phi) is 7.10. The second kappa shape index (κ2) is 10.1. The molecule has 9 nitrogen and oxygen atoms in total. The van der Waals surface area contributed by atoms with Gasteiger partial charge in [-0.2, -0.15) is 0 Å². The number of carbonyl (C=O) groups excluding carboxylic acids is 2. The molecule has 0 unspecified atom stereocenters. The molecule has 1 aliphatic rings. The fourth-order valence-electron chi connectivity index (χ4n) is 3.17. The Balaban J connectivity index is 1.77. The van der Waals surface area contributed by atoms with E-state index in [0.717, 1.165) is 32.1 Å². The minimum absolute atomic E-state index is 0.140. The van der Waals surface area contributed by atoms with E-state index in [1.165, 1.54) is 13.3 Å². The third-order valence-corrected chi connectivity index (χ3v) is 4.78. The molecule has 160 valence electrons. The fraction of sp³-hybridized carbons (Fsp3) is 0.227. The van der Waals surface area contributed by atoms with E-state index >= 15 is 0 Å². The smallest absolute Gasteiger partial charge is 0.412 e. The summed E-state index contributed by atoms with van der Waals surface area (Å²) in [6.45, 7) is 1.51. The maximum absolute atomic E-state index is 12.3. The van der Waals surface area contributed by atoms with Crippen LogP contribution in [0, 0.1) is 10.8 Å². The van der Waals surface area contributed by atoms with E-state index in [0.29, 0.717) is 22.4 Å². The number of benzene rings is 1. The summed E-state index contributed by atoms with van der Waals surface area (Å²) in [6, 6.07) is 10.2. The van der Waals surface area contributed by atoms with Crippen molar-refractivity contribution in [2.75, 3.05) is 30.8 Å². The van der Waals surface area contributed by atoms with Crippen molar-refractivity contribution in [3.63, 3.8) is 0 Å². The number of urea groups is 1. The Morgan fingerprint density at radius 3 is 2.61 bits per heavy atom. The number of rotatable bonds is 6. The molecular weight excluding hydrogens is 396 g/mol. The van der Waals surface area contributed by atoms with Crippen LogP contribution in [0.1, 0.15) is 24.0 Å². The van der Waals surface area contributed by atoms with Gasteiger partial charge in [-0.1, -0.05) is 12.1 Å². The van der Waals surface area contributed by atoms with Crippen LogP contribution in [0.5, 0.6) is 0 Å². The molecule has 0 saturated carbocycles. The van der Waals surface area contributed by atoms with E-state index in [-0.39, 0.29) is 17.6 Å². The number of anilines is 2. The first kappa shape index (κ1) is 21.7. The van der Waals surface area contributed by atoms with Crippen LogP contribution in [-0.4, -0.2) is 54.1 Å². The Morgan fingerprint density at radius 2 is 1.90 bits per heavy atom. The van der Waals surface area contributed by atoms with Crippen LogP contribution < -0.4 is 10.6 Å². The first-order valence-corrected chi connectivity index (χ1v) is 9.78. The third-order valence-electron chi connectivity index (χ3n) is 4.78. The summed E-state index contributed by atoms with van der Waals surface area (Å²) in [6.07, 6.45) is 5.56. The van der Waals surface area contributed by atoms with E-state index in [4.69, 9.17) is 10.8 Å². The Hall–Kier alpha value is -4.01. The van der Waals surface area contributed by atoms with Crippen molar-refractivity contribution in [1.29, 1.82) is 10.8 Å². The Labute approximate surface area is 180 Å². The average Bonchev–Trinajstić information content (AvgIpc) is 3.33. The van der Waals surface area contributed by atoms with Gasteiger partial charge in [0.1, 0.15) is 5.82 Å². The largest absolute Gasteiger partial charge is 0.453 e. The Bertz CT molecular complexity index is 1030. The summed E-state index contributed by atoms with van der Waals surface area (Å²) in [7, 11) is 1.26. The molecule has 1 aromatic heterocycles. The highest BCUT2D eigenvalue weighted by atomic mass is 16.5. The molecule has 0 bridgehead atoms. The van der Waals surface area contributed by atoms with E-state index in [2.05, 4.69) is 20.4 Å². The maximum Gasteiger partial charge on any atom is 0.412 e. The van der Waals surface area contributed by atoms with Crippen LogP contribution in [0.2, 0.25) is 0 Å². The summed E-state index contributed by atoms with van der Waals surface area (Å²) in [5.41, 5.74) is 2.46. The average molecular weight is 420 g/mol. The lowest BCUT2D eigenvalue weighted by molar-refractivity contribution is 0.187. The van der Waals surface area contributed by atoms with Crippen LogP contribution in [0.3, 0.4) is 0 Å². The summed E-state index contributed by atoms with van der Waals surface area (Å²) in [4.78, 5) is 29.5. The van der Waals surface area contributed by atoms with Gasteiger partial charge < -0.3 is 25.8 Å². The highest BCUT2D eigenvalue weighted by molar-refractivity contribution is 6.20. The minimum atomic E-state index is -0.648. The van der Waals surface area contributed by atoms with Gasteiger partial charge in [0.25, 0.3) is 0 Å². The molecular formula is C22H24N6O3. The highest BCUT2D eigenvalue weighted by Gasteiger charge is 2.17. The second-order valence-electron chi connectivity index (χ2n) is 6.91. The normalized spacial score (nSPS) is 13.5. The summed E-state index contributed by atoms with van der Waals surface area (Å²) < 4.78 is 4.56. The van der Waals surface area contributed by atoms with E-state index in [1.807, 2.05) is 0 Å². The number of likely N-dealkylation sites (tertiary alicyclic amines) is 1. The summed E-state index contributed by atoms with van der Waals surface area (Å²) in [5.74, 6) is 0.273. The summed E-state index contributed by atoms with van der Waals surface area (Å²) in [5, 5.41) is 21.5. The van der Waals surface area contributed by atoms with Crippen molar-refractivity contribution >= 4 is 41.1 Å². The number of nitrogens with one attached hydrogen (secondary N) is 4. The fourth-order valence-corrected chi connectivity index (χ4v) is 3.17. The molecule has 3 amide bonds. The monoisotopic (exact) mass is 420 g/mol. The van der Waals surface area contributed by atoms with Crippen LogP contribution in [0.15, 0.2) is 48.7 Å². The van der Waals surface area contributed by atoms with Gasteiger partial charge in [-0.05, 0) is 48.7 Å². The molecule has 0 radical (unpaired) electrons. The van der Waals surface area contributed by atoms with Gasteiger partial charge in [-0.15, -0.1) is 0 Å². The van der Waals surface area contributed by atoms with Gasteiger partial charge in [-0.3, -0.25) is 5.32 Å². The molecule has 1 fully saturated rings. The molecule has 2 aromatic rings. The van der Waals surface area contributed by atoms with Crippen LogP contribution >= 0.6 is 0 Å². The van der Waals surface area contributed by atoms with Crippen molar-refractivity contribution in [3.05, 3.63) is 59.8 Å². The molecule has 0 spiro atoms. The van der Waals surface area contributed by atoms with Crippen LogP contribution in [-0.2, 0) is 4.74 Å². The molecule has 1 aliphatic heterocycles. The molecule has 1 aromatic carbocycles. The van der Waals surface area contributed by atoms with E-state index < -0.39 is 6.09 Å². The molecule has 9 heteroatoms. The lowest BCUT2D eigenvalue weighted by atomic mass is 10.0. The van der Waals surface area contributed by atoms with Gasteiger partial charge >= 0.3 is 12.1 Å². The van der Waals surface area contributed by atoms with Crippen molar-refractivity contribution in [2.45, 2.75) is 12.8 Å². The molecule has 31 heavy (non-hydrogen) atoms.